The first kappa shape index (κ1) is 16.6. The van der Waals surface area contributed by atoms with Gasteiger partial charge < -0.3 is 20.2 Å². The fourth-order valence-corrected chi connectivity index (χ4v) is 2.34. The minimum Gasteiger partial charge on any atom is -0.484 e. The van der Waals surface area contributed by atoms with E-state index in [1.807, 2.05) is 49.4 Å². The molecule has 6 nitrogen and oxygen atoms in total. The van der Waals surface area contributed by atoms with Crippen molar-refractivity contribution in [3.8, 4) is 17.1 Å². The number of nitrogens with one attached hydrogen (secondary N) is 1. The first-order valence-corrected chi connectivity index (χ1v) is 7.90. The molecule has 6 heteroatoms. The Bertz CT molecular complexity index is 829. The van der Waals surface area contributed by atoms with Crippen LogP contribution in [0.5, 0.6) is 5.75 Å². The topological polar surface area (TPSA) is 90.4 Å². The van der Waals surface area contributed by atoms with Gasteiger partial charge in [0.2, 0.25) is 5.89 Å². The van der Waals surface area contributed by atoms with E-state index in [0.717, 1.165) is 17.0 Å². The van der Waals surface area contributed by atoms with Crippen LogP contribution in [0.25, 0.3) is 11.3 Å². The maximum Gasteiger partial charge on any atom is 0.255 e. The lowest BCUT2D eigenvalue weighted by atomic mass is 10.2. The third kappa shape index (κ3) is 4.38. The van der Waals surface area contributed by atoms with E-state index >= 15 is 0 Å². The first-order chi connectivity index (χ1) is 12.1. The molecule has 0 bridgehead atoms. The van der Waals surface area contributed by atoms with Gasteiger partial charge in [-0.1, -0.05) is 30.3 Å². The summed E-state index contributed by atoms with van der Waals surface area (Å²) in [6, 6.07) is 17.0. The van der Waals surface area contributed by atoms with Crippen LogP contribution in [0.1, 0.15) is 18.9 Å². The van der Waals surface area contributed by atoms with Gasteiger partial charge in [-0.2, -0.15) is 0 Å². The Hall–Kier alpha value is -3.28. The van der Waals surface area contributed by atoms with Crippen molar-refractivity contribution < 1.29 is 13.9 Å². The molecule has 1 atom stereocenters. The number of nitrogens with zero attached hydrogens (tertiary/aromatic N) is 1. The van der Waals surface area contributed by atoms with Gasteiger partial charge in [-0.15, -0.1) is 0 Å². The van der Waals surface area contributed by atoms with Crippen LogP contribution in [-0.4, -0.2) is 17.5 Å². The summed E-state index contributed by atoms with van der Waals surface area (Å²) >= 11 is 0. The van der Waals surface area contributed by atoms with Crippen LogP contribution in [0, 0.1) is 0 Å². The lowest BCUT2D eigenvalue weighted by molar-refractivity contribution is -0.119. The SMILES string of the molecule is C[C@H](Nc1ccc(OCC(N)=O)cc1)c1ncc(-c2ccccc2)o1. The van der Waals surface area contributed by atoms with Crippen LogP contribution in [0.3, 0.4) is 0 Å². The molecule has 0 unspecified atom stereocenters. The number of benzene rings is 2. The van der Waals surface area contributed by atoms with Crippen LogP contribution in [0.2, 0.25) is 0 Å². The molecule has 0 saturated carbocycles. The standard InChI is InChI=1S/C19H19N3O3/c1-13(19-21-11-17(25-19)14-5-3-2-4-6-14)22-15-7-9-16(10-8-15)24-12-18(20)23/h2-11,13,22H,12H2,1H3,(H2,20,23)/t13-/m0/s1. The summed E-state index contributed by atoms with van der Waals surface area (Å²) in [4.78, 5) is 15.1. The number of oxazole rings is 1. The van der Waals surface area contributed by atoms with Crippen molar-refractivity contribution in [2.45, 2.75) is 13.0 Å². The first-order valence-electron chi connectivity index (χ1n) is 7.90. The molecule has 0 spiro atoms. The number of rotatable bonds is 7. The molecule has 0 aliphatic carbocycles. The number of carbonyl (C=O) groups excluding carboxylic acids is 1. The fraction of sp³-hybridized carbons (Fsp3) is 0.158. The third-order valence-corrected chi connectivity index (χ3v) is 3.57. The van der Waals surface area contributed by atoms with E-state index < -0.39 is 5.91 Å². The summed E-state index contributed by atoms with van der Waals surface area (Å²) in [6.07, 6.45) is 1.73. The summed E-state index contributed by atoms with van der Waals surface area (Å²) in [5.74, 6) is 1.42. The van der Waals surface area contributed by atoms with Crippen LogP contribution < -0.4 is 15.8 Å². The van der Waals surface area contributed by atoms with Crippen molar-refractivity contribution in [2.24, 2.45) is 5.73 Å². The summed E-state index contributed by atoms with van der Waals surface area (Å²) in [6.45, 7) is 1.83. The number of primary amides is 1. The average Bonchev–Trinajstić information content (AvgIpc) is 3.12. The Balaban J connectivity index is 1.63. The van der Waals surface area contributed by atoms with Gasteiger partial charge in [0, 0.05) is 11.3 Å². The lowest BCUT2D eigenvalue weighted by Crippen LogP contribution is -2.19. The molecule has 2 aromatic carbocycles. The number of hydrogen-bond donors (Lipinski definition) is 2. The molecule has 1 heterocycles. The highest BCUT2D eigenvalue weighted by Gasteiger charge is 2.13. The van der Waals surface area contributed by atoms with E-state index in [1.165, 1.54) is 0 Å². The predicted molar refractivity (Wildman–Crippen MR) is 95.1 cm³/mol. The zero-order chi connectivity index (χ0) is 17.6. The quantitative estimate of drug-likeness (QED) is 0.690. The van der Waals surface area contributed by atoms with Crippen molar-refractivity contribution in [1.29, 1.82) is 0 Å². The van der Waals surface area contributed by atoms with Crippen molar-refractivity contribution in [1.82, 2.24) is 4.98 Å². The van der Waals surface area contributed by atoms with E-state index in [4.69, 9.17) is 14.9 Å². The number of ether oxygens (including phenoxy) is 1. The van der Waals surface area contributed by atoms with Crippen molar-refractivity contribution in [3.05, 3.63) is 66.7 Å². The highest BCUT2D eigenvalue weighted by atomic mass is 16.5. The molecule has 3 rings (SSSR count). The largest absolute Gasteiger partial charge is 0.484 e. The molecule has 1 amide bonds. The number of carbonyl (C=O) groups is 1. The van der Waals surface area contributed by atoms with Gasteiger partial charge in [0.15, 0.2) is 12.4 Å². The molecule has 0 aliphatic heterocycles. The van der Waals surface area contributed by atoms with Crippen molar-refractivity contribution >= 4 is 11.6 Å². The number of amides is 1. The Kier molecular flexibility index (Phi) is 4.99. The second-order valence-electron chi connectivity index (χ2n) is 5.57. The summed E-state index contributed by atoms with van der Waals surface area (Å²) < 4.78 is 11.1. The molecule has 1 aromatic heterocycles. The van der Waals surface area contributed by atoms with Crippen molar-refractivity contribution in [3.63, 3.8) is 0 Å². The molecule has 25 heavy (non-hydrogen) atoms. The van der Waals surface area contributed by atoms with Gasteiger partial charge in [0.1, 0.15) is 11.8 Å². The summed E-state index contributed by atoms with van der Waals surface area (Å²) in [5, 5.41) is 3.31. The lowest BCUT2D eigenvalue weighted by Gasteiger charge is -2.12. The van der Waals surface area contributed by atoms with Crippen LogP contribution in [0.4, 0.5) is 5.69 Å². The molecule has 128 valence electrons. The zero-order valence-electron chi connectivity index (χ0n) is 13.8. The monoisotopic (exact) mass is 337 g/mol. The number of hydrogen-bond acceptors (Lipinski definition) is 5. The van der Waals surface area contributed by atoms with Crippen LogP contribution in [-0.2, 0) is 4.79 Å². The number of aromatic nitrogens is 1. The van der Waals surface area contributed by atoms with Gasteiger partial charge in [0.05, 0.1) is 6.20 Å². The van der Waals surface area contributed by atoms with Gasteiger partial charge in [0.25, 0.3) is 5.91 Å². The Morgan fingerprint density at radius 3 is 2.60 bits per heavy atom. The smallest absolute Gasteiger partial charge is 0.255 e. The van der Waals surface area contributed by atoms with Gasteiger partial charge in [-0.25, -0.2) is 4.98 Å². The number of nitrogens with two attached hydrogens (primary N) is 1. The van der Waals surface area contributed by atoms with E-state index in [9.17, 15) is 4.79 Å². The van der Waals surface area contributed by atoms with Gasteiger partial charge in [-0.05, 0) is 31.2 Å². The normalized spacial score (nSPS) is 11.7. The van der Waals surface area contributed by atoms with E-state index in [2.05, 4.69) is 10.3 Å². The molecular formula is C19H19N3O3. The second kappa shape index (κ2) is 7.53. The molecule has 3 N–H and O–H groups in total. The maximum atomic E-state index is 10.7. The van der Waals surface area contributed by atoms with E-state index in [1.54, 1.807) is 18.3 Å². The van der Waals surface area contributed by atoms with Gasteiger partial charge >= 0.3 is 0 Å². The number of anilines is 1. The second-order valence-corrected chi connectivity index (χ2v) is 5.57. The van der Waals surface area contributed by atoms with Gasteiger partial charge in [-0.3, -0.25) is 4.79 Å². The molecule has 3 aromatic rings. The molecule has 0 aliphatic rings. The molecule has 0 saturated heterocycles. The highest BCUT2D eigenvalue weighted by molar-refractivity contribution is 5.75. The van der Waals surface area contributed by atoms with E-state index in [-0.39, 0.29) is 12.6 Å². The molecular weight excluding hydrogens is 318 g/mol. The average molecular weight is 337 g/mol. The fourth-order valence-electron chi connectivity index (χ4n) is 2.34. The van der Waals surface area contributed by atoms with Crippen LogP contribution >= 0.6 is 0 Å². The molecule has 0 radical (unpaired) electrons. The zero-order valence-corrected chi connectivity index (χ0v) is 13.8. The van der Waals surface area contributed by atoms with Crippen molar-refractivity contribution in [2.75, 3.05) is 11.9 Å². The summed E-state index contributed by atoms with van der Waals surface area (Å²) in [5.41, 5.74) is 6.93. The Morgan fingerprint density at radius 1 is 1.20 bits per heavy atom. The molecule has 0 fully saturated rings. The highest BCUT2D eigenvalue weighted by Crippen LogP contribution is 2.25. The minimum atomic E-state index is -0.506. The minimum absolute atomic E-state index is 0.102. The summed E-state index contributed by atoms with van der Waals surface area (Å²) in [7, 11) is 0. The van der Waals surface area contributed by atoms with Crippen LogP contribution in [0.15, 0.2) is 65.2 Å². The Morgan fingerprint density at radius 2 is 1.92 bits per heavy atom. The van der Waals surface area contributed by atoms with E-state index in [0.29, 0.717) is 11.6 Å². The maximum absolute atomic E-state index is 10.7. The predicted octanol–water partition coefficient (Wildman–Crippen LogP) is 3.38. The Labute approximate surface area is 145 Å². The third-order valence-electron chi connectivity index (χ3n) is 3.57.